The molecule has 0 aliphatic carbocycles. The van der Waals surface area contributed by atoms with Crippen molar-refractivity contribution in [2.75, 3.05) is 5.32 Å². The van der Waals surface area contributed by atoms with Crippen LogP contribution >= 0.6 is 11.3 Å². The fraction of sp³-hybridized carbons (Fsp3) is 0.333. The van der Waals surface area contributed by atoms with Crippen molar-refractivity contribution in [3.8, 4) is 0 Å². The monoisotopic (exact) mass is 196 g/mol. The van der Waals surface area contributed by atoms with Gasteiger partial charge in [0, 0.05) is 6.20 Å². The lowest BCUT2D eigenvalue weighted by atomic mass is 10.3. The van der Waals surface area contributed by atoms with Gasteiger partial charge >= 0.3 is 0 Å². The van der Waals surface area contributed by atoms with Crippen molar-refractivity contribution in [3.63, 3.8) is 0 Å². The normalized spacial score (nSPS) is 18.0. The van der Waals surface area contributed by atoms with Crippen LogP contribution < -0.4 is 5.32 Å². The smallest absolute Gasteiger partial charge is 0.247 e. The van der Waals surface area contributed by atoms with E-state index in [0.29, 0.717) is 5.95 Å². The summed E-state index contributed by atoms with van der Waals surface area (Å²) in [6, 6.07) is 0. The largest absolute Gasteiger partial charge is 0.326 e. The number of hydrogen-bond donors (Lipinski definition) is 1. The molecule has 1 aliphatic rings. The number of thiazole rings is 1. The lowest BCUT2D eigenvalue weighted by Gasteiger charge is -2.26. The minimum atomic E-state index is 0. The SMILES string of the molecule is C.c1ncc(C2Nc3nnnn32)s1. The summed E-state index contributed by atoms with van der Waals surface area (Å²) in [5, 5.41) is 14.2. The molecular weight excluding hydrogens is 188 g/mol. The molecule has 6 nitrogen and oxygen atoms in total. The van der Waals surface area contributed by atoms with Crippen LogP contribution in [0.5, 0.6) is 0 Å². The highest BCUT2D eigenvalue weighted by Crippen LogP contribution is 2.30. The third kappa shape index (κ3) is 1.00. The summed E-state index contributed by atoms with van der Waals surface area (Å²) >= 11 is 1.58. The molecule has 7 heteroatoms. The van der Waals surface area contributed by atoms with Gasteiger partial charge in [-0.3, -0.25) is 4.98 Å². The van der Waals surface area contributed by atoms with Gasteiger partial charge in [0.2, 0.25) is 5.95 Å². The first-order valence-corrected chi connectivity index (χ1v) is 4.26. The molecule has 0 spiro atoms. The Morgan fingerprint density at radius 1 is 1.54 bits per heavy atom. The second-order valence-electron chi connectivity index (χ2n) is 2.40. The zero-order chi connectivity index (χ0) is 7.97. The molecule has 3 rings (SSSR count). The van der Waals surface area contributed by atoms with Crippen LogP contribution in [0.4, 0.5) is 5.95 Å². The zero-order valence-electron chi connectivity index (χ0n) is 5.88. The van der Waals surface area contributed by atoms with E-state index in [4.69, 9.17) is 0 Å². The van der Waals surface area contributed by atoms with Crippen molar-refractivity contribution in [1.29, 1.82) is 0 Å². The molecule has 1 aliphatic heterocycles. The molecule has 0 fully saturated rings. The molecule has 0 radical (unpaired) electrons. The fourth-order valence-corrected chi connectivity index (χ4v) is 1.78. The molecule has 68 valence electrons. The van der Waals surface area contributed by atoms with Crippen LogP contribution in [-0.2, 0) is 0 Å². The van der Waals surface area contributed by atoms with Crippen LogP contribution in [0.25, 0.3) is 0 Å². The van der Waals surface area contributed by atoms with Crippen molar-refractivity contribution in [1.82, 2.24) is 25.2 Å². The Kier molecular flexibility index (Phi) is 1.73. The van der Waals surface area contributed by atoms with Crippen molar-refractivity contribution < 1.29 is 0 Å². The highest BCUT2D eigenvalue weighted by atomic mass is 32.1. The second kappa shape index (κ2) is 2.77. The molecule has 2 aromatic heterocycles. The molecular formula is C6H8N6S. The molecule has 1 N–H and O–H groups in total. The highest BCUT2D eigenvalue weighted by Gasteiger charge is 2.30. The number of tetrazole rings is 1. The average molecular weight is 196 g/mol. The van der Waals surface area contributed by atoms with Crippen LogP contribution in [0.3, 0.4) is 0 Å². The molecule has 3 heterocycles. The van der Waals surface area contributed by atoms with Gasteiger partial charge in [-0.1, -0.05) is 12.5 Å². The van der Waals surface area contributed by atoms with E-state index in [-0.39, 0.29) is 13.6 Å². The van der Waals surface area contributed by atoms with Gasteiger partial charge in [-0.25, -0.2) is 0 Å². The summed E-state index contributed by atoms with van der Waals surface area (Å²) in [5.74, 6) is 0.716. The molecule has 0 bridgehead atoms. The Balaban J connectivity index is 0.000000653. The van der Waals surface area contributed by atoms with Gasteiger partial charge in [0.25, 0.3) is 0 Å². The Hall–Kier alpha value is -1.50. The maximum Gasteiger partial charge on any atom is 0.247 e. The van der Waals surface area contributed by atoms with E-state index < -0.39 is 0 Å². The van der Waals surface area contributed by atoms with Gasteiger partial charge in [-0.2, -0.15) is 4.68 Å². The first kappa shape index (κ1) is 8.11. The molecule has 13 heavy (non-hydrogen) atoms. The Bertz CT molecular complexity index is 393. The van der Waals surface area contributed by atoms with Crippen LogP contribution in [0.15, 0.2) is 11.7 Å². The molecule has 0 saturated carbocycles. The van der Waals surface area contributed by atoms with Crippen LogP contribution in [0, 0.1) is 0 Å². The standard InChI is InChI=1S/C5H4N6S.CH4/c1-3(12-2-6-1)4-7-5-8-9-10-11(4)5;/h1-2,4H,(H,7,8,10);1H4. The molecule has 1 atom stereocenters. The van der Waals surface area contributed by atoms with Gasteiger partial charge in [-0.15, -0.1) is 11.3 Å². The lowest BCUT2D eigenvalue weighted by Crippen LogP contribution is -2.31. The summed E-state index contributed by atoms with van der Waals surface area (Å²) in [4.78, 5) is 5.10. The first-order valence-electron chi connectivity index (χ1n) is 3.38. The predicted octanol–water partition coefficient (Wildman–Crippen LogP) is 0.738. The molecule has 0 saturated heterocycles. The third-order valence-electron chi connectivity index (χ3n) is 1.72. The Morgan fingerprint density at radius 3 is 3.15 bits per heavy atom. The molecule has 1 unspecified atom stereocenters. The number of nitrogens with zero attached hydrogens (tertiary/aromatic N) is 5. The number of rotatable bonds is 1. The lowest BCUT2D eigenvalue weighted by molar-refractivity contribution is 0.504. The highest BCUT2D eigenvalue weighted by molar-refractivity contribution is 7.09. The van der Waals surface area contributed by atoms with E-state index in [1.807, 2.05) is 6.20 Å². The quantitative estimate of drug-likeness (QED) is 0.728. The van der Waals surface area contributed by atoms with E-state index >= 15 is 0 Å². The van der Waals surface area contributed by atoms with E-state index in [0.717, 1.165) is 4.88 Å². The minimum Gasteiger partial charge on any atom is -0.326 e. The molecule has 0 amide bonds. The van der Waals surface area contributed by atoms with Crippen molar-refractivity contribution >= 4 is 17.3 Å². The zero-order valence-corrected chi connectivity index (χ0v) is 6.69. The minimum absolute atomic E-state index is 0. The Labute approximate surface area is 78.6 Å². The average Bonchev–Trinajstić information content (AvgIpc) is 2.62. The maximum atomic E-state index is 3.98. The van der Waals surface area contributed by atoms with E-state index in [9.17, 15) is 0 Å². The number of fused-ring (bicyclic) bond motifs is 1. The van der Waals surface area contributed by atoms with Crippen molar-refractivity contribution in [2.45, 2.75) is 13.6 Å². The molecule has 2 aromatic rings. The van der Waals surface area contributed by atoms with Gasteiger partial charge in [0.1, 0.15) is 0 Å². The van der Waals surface area contributed by atoms with Crippen molar-refractivity contribution in [2.24, 2.45) is 0 Å². The first-order chi connectivity index (χ1) is 5.95. The summed E-state index contributed by atoms with van der Waals surface area (Å²) < 4.78 is 1.73. The summed E-state index contributed by atoms with van der Waals surface area (Å²) in [7, 11) is 0. The summed E-state index contributed by atoms with van der Waals surface area (Å²) in [6.45, 7) is 0. The Morgan fingerprint density at radius 2 is 2.46 bits per heavy atom. The van der Waals surface area contributed by atoms with Gasteiger partial charge < -0.3 is 5.32 Å². The second-order valence-corrected chi connectivity index (χ2v) is 3.32. The number of anilines is 1. The maximum absolute atomic E-state index is 3.98. The number of hydrogen-bond acceptors (Lipinski definition) is 6. The fourth-order valence-electron chi connectivity index (χ4n) is 1.13. The third-order valence-corrected chi connectivity index (χ3v) is 2.55. The topological polar surface area (TPSA) is 68.5 Å². The van der Waals surface area contributed by atoms with Gasteiger partial charge in [0.05, 0.1) is 10.4 Å². The van der Waals surface area contributed by atoms with Crippen LogP contribution in [0.2, 0.25) is 0 Å². The number of nitrogens with one attached hydrogen (secondary N) is 1. The molecule has 0 aromatic carbocycles. The van der Waals surface area contributed by atoms with Crippen LogP contribution in [0.1, 0.15) is 18.5 Å². The predicted molar refractivity (Wildman–Crippen MR) is 48.4 cm³/mol. The van der Waals surface area contributed by atoms with E-state index in [1.54, 1.807) is 21.5 Å². The van der Waals surface area contributed by atoms with Crippen molar-refractivity contribution in [3.05, 3.63) is 16.6 Å². The summed E-state index contributed by atoms with van der Waals surface area (Å²) in [6.07, 6.45) is 1.90. The van der Waals surface area contributed by atoms with Gasteiger partial charge in [0.15, 0.2) is 6.17 Å². The summed E-state index contributed by atoms with van der Waals surface area (Å²) in [5.41, 5.74) is 1.79. The van der Waals surface area contributed by atoms with Crippen LogP contribution in [-0.4, -0.2) is 25.2 Å². The number of aromatic nitrogens is 5. The van der Waals surface area contributed by atoms with E-state index in [1.165, 1.54) is 0 Å². The van der Waals surface area contributed by atoms with Gasteiger partial charge in [-0.05, 0) is 10.4 Å². The van der Waals surface area contributed by atoms with E-state index in [2.05, 4.69) is 25.8 Å².